The van der Waals surface area contributed by atoms with E-state index in [2.05, 4.69) is 25.6 Å². The van der Waals surface area contributed by atoms with Crippen LogP contribution in [-0.4, -0.2) is 100 Å². The fourth-order valence-electron chi connectivity index (χ4n) is 5.23. The summed E-state index contributed by atoms with van der Waals surface area (Å²) in [4.78, 5) is 26.2. The van der Waals surface area contributed by atoms with Gasteiger partial charge in [0.15, 0.2) is 23.2 Å². The standard InChI is InChI=1S/C23H32N6O7/c30-8-15-19(34)16(28-22(35)11-6-13(31)18(33)14(32)7-11)23(36-15)29-10-26-17-20(24-9-25-21(17)29)27-12-4-2-1-3-5-12/h6,9-10,12-16,18-19,23,30-34H,1-5,7-8H2,(H,28,35)(H,24,25,27)/t13?,14?,15-,16-,18?,19-,23-/m1/s1. The van der Waals surface area contributed by atoms with Crippen molar-refractivity contribution in [1.29, 1.82) is 0 Å². The van der Waals surface area contributed by atoms with Crippen LogP contribution in [0.4, 0.5) is 5.82 Å². The first-order chi connectivity index (χ1) is 17.4. The third-order valence-electron chi connectivity index (χ3n) is 7.26. The lowest BCUT2D eigenvalue weighted by Gasteiger charge is -2.29. The van der Waals surface area contributed by atoms with Crippen molar-refractivity contribution in [2.24, 2.45) is 0 Å². The summed E-state index contributed by atoms with van der Waals surface area (Å²) in [6.45, 7) is -0.480. The van der Waals surface area contributed by atoms with Crippen LogP contribution in [0.2, 0.25) is 0 Å². The van der Waals surface area contributed by atoms with Crippen LogP contribution in [0.1, 0.15) is 44.8 Å². The van der Waals surface area contributed by atoms with Crippen molar-refractivity contribution >= 4 is 22.9 Å². The molecule has 2 fully saturated rings. The number of aliphatic hydroxyl groups is 5. The first-order valence-corrected chi connectivity index (χ1v) is 12.3. The van der Waals surface area contributed by atoms with Crippen molar-refractivity contribution in [2.75, 3.05) is 11.9 Å². The molecule has 0 aromatic carbocycles. The molecule has 0 radical (unpaired) electrons. The van der Waals surface area contributed by atoms with Crippen LogP contribution in [0.5, 0.6) is 0 Å². The van der Waals surface area contributed by atoms with Gasteiger partial charge < -0.3 is 40.9 Å². The molecule has 1 saturated heterocycles. The third-order valence-corrected chi connectivity index (χ3v) is 7.26. The van der Waals surface area contributed by atoms with Gasteiger partial charge in [-0.25, -0.2) is 15.0 Å². The molecule has 7 atom stereocenters. The summed E-state index contributed by atoms with van der Waals surface area (Å²) in [5.41, 5.74) is 1.02. The maximum atomic E-state index is 13.0. The van der Waals surface area contributed by atoms with E-state index in [4.69, 9.17) is 4.74 Å². The van der Waals surface area contributed by atoms with Gasteiger partial charge in [-0.3, -0.25) is 9.36 Å². The molecule has 0 spiro atoms. The number of hydrogen-bond donors (Lipinski definition) is 7. The van der Waals surface area contributed by atoms with Crippen molar-refractivity contribution in [3.05, 3.63) is 24.3 Å². The zero-order chi connectivity index (χ0) is 25.4. The van der Waals surface area contributed by atoms with E-state index in [1.165, 1.54) is 25.2 Å². The van der Waals surface area contributed by atoms with Gasteiger partial charge in [-0.2, -0.15) is 0 Å². The molecule has 3 heterocycles. The Balaban J connectivity index is 1.41. The molecule has 13 nitrogen and oxygen atoms in total. The Bertz CT molecular complexity index is 1120. The van der Waals surface area contributed by atoms with Gasteiger partial charge in [0.25, 0.3) is 0 Å². The number of carbonyl (C=O) groups is 1. The highest BCUT2D eigenvalue weighted by Gasteiger charge is 2.46. The summed E-state index contributed by atoms with van der Waals surface area (Å²) in [6.07, 6.45) is 2.27. The molecule has 1 aliphatic heterocycles. The lowest BCUT2D eigenvalue weighted by atomic mass is 9.91. The summed E-state index contributed by atoms with van der Waals surface area (Å²) in [6, 6.07) is -0.704. The second-order valence-electron chi connectivity index (χ2n) is 9.71. The van der Waals surface area contributed by atoms with Crippen LogP contribution in [0.3, 0.4) is 0 Å². The van der Waals surface area contributed by atoms with Crippen molar-refractivity contribution in [3.63, 3.8) is 0 Å². The minimum Gasteiger partial charge on any atom is -0.394 e. The summed E-state index contributed by atoms with van der Waals surface area (Å²) in [7, 11) is 0. The quantitative estimate of drug-likeness (QED) is 0.247. The summed E-state index contributed by atoms with van der Waals surface area (Å²) in [5, 5.41) is 56.3. The molecule has 7 N–H and O–H groups in total. The predicted molar refractivity (Wildman–Crippen MR) is 125 cm³/mol. The summed E-state index contributed by atoms with van der Waals surface area (Å²) in [5.74, 6) is -0.0488. The van der Waals surface area contributed by atoms with E-state index in [-0.39, 0.29) is 12.0 Å². The number of rotatable bonds is 6. The SMILES string of the molecule is O=C(N[C@@H]1[C@H](O)[C@@H](CO)O[C@H]1n1cnc2c(NC3CCCCC3)ncnc21)C1=CC(O)C(O)C(O)C1. The highest BCUT2D eigenvalue weighted by atomic mass is 16.5. The van der Waals surface area contributed by atoms with Crippen LogP contribution in [0.25, 0.3) is 11.2 Å². The number of hydrogen-bond acceptors (Lipinski definition) is 11. The second-order valence-corrected chi connectivity index (χ2v) is 9.71. The van der Waals surface area contributed by atoms with Gasteiger partial charge in [0.2, 0.25) is 5.91 Å². The van der Waals surface area contributed by atoms with E-state index < -0.39 is 55.3 Å². The van der Waals surface area contributed by atoms with E-state index in [1.807, 2.05) is 0 Å². The molecule has 1 saturated carbocycles. The minimum atomic E-state index is -1.40. The van der Waals surface area contributed by atoms with Gasteiger partial charge in [0.05, 0.1) is 19.0 Å². The molecular formula is C23H32N6O7. The van der Waals surface area contributed by atoms with E-state index in [1.54, 1.807) is 4.57 Å². The molecule has 1 amide bonds. The largest absolute Gasteiger partial charge is 0.394 e. The Morgan fingerprint density at radius 2 is 1.86 bits per heavy atom. The number of aliphatic hydroxyl groups excluding tert-OH is 5. The van der Waals surface area contributed by atoms with Crippen molar-refractivity contribution in [2.45, 2.75) is 87.4 Å². The summed E-state index contributed by atoms with van der Waals surface area (Å²) >= 11 is 0. The molecule has 2 aromatic heterocycles. The Hall–Kier alpha value is -2.68. The molecular weight excluding hydrogens is 472 g/mol. The smallest absolute Gasteiger partial charge is 0.247 e. The zero-order valence-corrected chi connectivity index (χ0v) is 19.6. The van der Waals surface area contributed by atoms with E-state index in [0.29, 0.717) is 23.0 Å². The average Bonchev–Trinajstić information content (AvgIpc) is 3.44. The fourth-order valence-corrected chi connectivity index (χ4v) is 5.23. The van der Waals surface area contributed by atoms with Crippen molar-refractivity contribution < 1.29 is 35.1 Å². The maximum absolute atomic E-state index is 13.0. The number of fused-ring (bicyclic) bond motifs is 1. The Kier molecular flexibility index (Phi) is 7.19. The van der Waals surface area contributed by atoms with Gasteiger partial charge in [-0.05, 0) is 18.9 Å². The van der Waals surface area contributed by atoms with Crippen LogP contribution in [0.15, 0.2) is 24.3 Å². The highest BCUT2D eigenvalue weighted by Crippen LogP contribution is 2.33. The molecule has 36 heavy (non-hydrogen) atoms. The van der Waals surface area contributed by atoms with Crippen LogP contribution in [-0.2, 0) is 9.53 Å². The summed E-state index contributed by atoms with van der Waals surface area (Å²) < 4.78 is 7.47. The lowest BCUT2D eigenvalue weighted by molar-refractivity contribution is -0.121. The Morgan fingerprint density at radius 1 is 1.08 bits per heavy atom. The number of imidazole rings is 1. The molecule has 2 aromatic rings. The molecule has 3 unspecified atom stereocenters. The number of carbonyl (C=O) groups excluding carboxylic acids is 1. The number of ether oxygens (including phenoxy) is 1. The monoisotopic (exact) mass is 504 g/mol. The normalized spacial score (nSPS) is 33.5. The fraction of sp³-hybridized carbons (Fsp3) is 0.652. The van der Waals surface area contributed by atoms with Gasteiger partial charge in [0.1, 0.15) is 36.8 Å². The Morgan fingerprint density at radius 3 is 2.58 bits per heavy atom. The number of nitrogens with one attached hydrogen (secondary N) is 2. The number of amides is 1. The molecule has 0 bridgehead atoms. The van der Waals surface area contributed by atoms with Gasteiger partial charge in [-0.15, -0.1) is 0 Å². The minimum absolute atomic E-state index is 0.0653. The topological polar surface area (TPSA) is 195 Å². The van der Waals surface area contributed by atoms with Crippen LogP contribution >= 0.6 is 0 Å². The van der Waals surface area contributed by atoms with Crippen LogP contribution in [0, 0.1) is 0 Å². The lowest BCUT2D eigenvalue weighted by Crippen LogP contribution is -2.49. The van der Waals surface area contributed by atoms with Gasteiger partial charge in [-0.1, -0.05) is 19.3 Å². The molecule has 2 aliphatic carbocycles. The van der Waals surface area contributed by atoms with Gasteiger partial charge >= 0.3 is 0 Å². The van der Waals surface area contributed by atoms with Gasteiger partial charge in [0, 0.05) is 18.0 Å². The second kappa shape index (κ2) is 10.4. The average molecular weight is 505 g/mol. The number of aromatic nitrogens is 4. The first kappa shape index (κ1) is 25.0. The highest BCUT2D eigenvalue weighted by molar-refractivity contribution is 5.94. The first-order valence-electron chi connectivity index (χ1n) is 12.3. The number of nitrogens with zero attached hydrogens (tertiary/aromatic N) is 4. The zero-order valence-electron chi connectivity index (χ0n) is 19.6. The third kappa shape index (κ3) is 4.69. The van der Waals surface area contributed by atoms with Crippen molar-refractivity contribution in [1.82, 2.24) is 24.8 Å². The predicted octanol–water partition coefficient (Wildman–Crippen LogP) is -1.28. The van der Waals surface area contributed by atoms with Crippen LogP contribution < -0.4 is 10.6 Å². The Labute approximate surface area is 206 Å². The number of anilines is 1. The van der Waals surface area contributed by atoms with Crippen molar-refractivity contribution in [3.8, 4) is 0 Å². The molecule has 13 heteroatoms. The van der Waals surface area contributed by atoms with E-state index in [9.17, 15) is 30.3 Å². The van der Waals surface area contributed by atoms with E-state index >= 15 is 0 Å². The maximum Gasteiger partial charge on any atom is 0.247 e. The van der Waals surface area contributed by atoms with E-state index in [0.717, 1.165) is 25.7 Å². The molecule has 196 valence electrons. The molecule has 3 aliphatic rings. The molecule has 5 rings (SSSR count).